The van der Waals surface area contributed by atoms with E-state index in [1.165, 1.54) is 31.3 Å². The largest absolute Gasteiger partial charge is 0.461 e. The maximum absolute atomic E-state index is 12.4. The molecule has 1 spiro atoms. The summed E-state index contributed by atoms with van der Waals surface area (Å²) in [5.41, 5.74) is 3.06. The van der Waals surface area contributed by atoms with E-state index in [9.17, 15) is 4.79 Å². The highest BCUT2D eigenvalue weighted by Gasteiger charge is 2.69. The van der Waals surface area contributed by atoms with Gasteiger partial charge in [-0.15, -0.1) is 0 Å². The van der Waals surface area contributed by atoms with Gasteiger partial charge in [0.1, 0.15) is 6.61 Å². The lowest BCUT2D eigenvalue weighted by Gasteiger charge is -2.56. The molecule has 4 aliphatic rings. The molecule has 1 saturated heterocycles. The van der Waals surface area contributed by atoms with E-state index in [1.807, 2.05) is 0 Å². The Kier molecular flexibility index (Phi) is 2.81. The van der Waals surface area contributed by atoms with Gasteiger partial charge >= 0.3 is 5.97 Å². The Morgan fingerprint density at radius 1 is 1.18 bits per heavy atom. The van der Waals surface area contributed by atoms with Crippen LogP contribution in [-0.4, -0.2) is 12.6 Å². The Labute approximate surface area is 134 Å². The molecule has 1 aliphatic heterocycles. The third kappa shape index (κ3) is 1.41. The van der Waals surface area contributed by atoms with Gasteiger partial charge < -0.3 is 4.74 Å². The topological polar surface area (TPSA) is 26.3 Å². The molecule has 2 bridgehead atoms. The smallest absolute Gasteiger partial charge is 0.334 e. The molecule has 1 heterocycles. The summed E-state index contributed by atoms with van der Waals surface area (Å²) in [5.74, 6) is 2.16. The van der Waals surface area contributed by atoms with E-state index in [2.05, 4.69) is 34.6 Å². The number of hydrogen-bond acceptors (Lipinski definition) is 2. The van der Waals surface area contributed by atoms with E-state index in [4.69, 9.17) is 4.74 Å². The summed E-state index contributed by atoms with van der Waals surface area (Å²) in [6, 6.07) is 0. The number of cyclic esters (lactones) is 1. The van der Waals surface area contributed by atoms with Crippen LogP contribution in [0.4, 0.5) is 0 Å². The Morgan fingerprint density at radius 2 is 1.91 bits per heavy atom. The number of hydrogen-bond donors (Lipinski definition) is 0. The molecular weight excluding hydrogens is 272 g/mol. The minimum absolute atomic E-state index is 0.0241. The van der Waals surface area contributed by atoms with E-state index < -0.39 is 0 Å². The Hall–Kier alpha value is -0.790. The molecule has 2 heteroatoms. The summed E-state index contributed by atoms with van der Waals surface area (Å²) in [6.45, 7) is 12.6. The minimum Gasteiger partial charge on any atom is -0.461 e. The lowest BCUT2D eigenvalue weighted by Crippen LogP contribution is -2.51. The van der Waals surface area contributed by atoms with Crippen molar-refractivity contribution < 1.29 is 9.53 Å². The number of ether oxygens (including phenoxy) is 1. The molecular formula is C20H30O2. The van der Waals surface area contributed by atoms with Crippen molar-refractivity contribution >= 4 is 5.97 Å². The van der Waals surface area contributed by atoms with Gasteiger partial charge in [-0.1, -0.05) is 33.3 Å². The third-order valence-electron chi connectivity index (χ3n) is 8.58. The van der Waals surface area contributed by atoms with Crippen LogP contribution in [0.5, 0.6) is 0 Å². The van der Waals surface area contributed by atoms with Gasteiger partial charge in [-0.05, 0) is 67.6 Å². The maximum Gasteiger partial charge on any atom is 0.334 e. The van der Waals surface area contributed by atoms with Crippen LogP contribution in [-0.2, 0) is 9.53 Å². The lowest BCUT2D eigenvalue weighted by molar-refractivity contribution is -0.135. The second kappa shape index (κ2) is 4.19. The van der Waals surface area contributed by atoms with Gasteiger partial charge in [-0.3, -0.25) is 0 Å². The van der Waals surface area contributed by atoms with E-state index in [0.29, 0.717) is 23.4 Å². The maximum atomic E-state index is 12.4. The summed E-state index contributed by atoms with van der Waals surface area (Å²) in [6.07, 6.45) is 6.37. The van der Waals surface area contributed by atoms with Crippen molar-refractivity contribution in [3.05, 3.63) is 11.1 Å². The molecule has 0 amide bonds. The van der Waals surface area contributed by atoms with Crippen molar-refractivity contribution in [3.63, 3.8) is 0 Å². The molecule has 0 N–H and O–H groups in total. The molecule has 0 aromatic heterocycles. The zero-order valence-electron chi connectivity index (χ0n) is 14.8. The Morgan fingerprint density at radius 3 is 2.64 bits per heavy atom. The van der Waals surface area contributed by atoms with Crippen molar-refractivity contribution in [2.45, 2.75) is 66.7 Å². The number of rotatable bonds is 0. The molecule has 3 fully saturated rings. The van der Waals surface area contributed by atoms with E-state index in [0.717, 1.165) is 23.8 Å². The summed E-state index contributed by atoms with van der Waals surface area (Å²) >= 11 is 0. The summed E-state index contributed by atoms with van der Waals surface area (Å²) in [4.78, 5) is 12.4. The van der Waals surface area contributed by atoms with Crippen molar-refractivity contribution in [2.24, 2.45) is 34.0 Å². The zero-order valence-corrected chi connectivity index (χ0v) is 14.8. The highest BCUT2D eigenvalue weighted by Crippen LogP contribution is 2.75. The van der Waals surface area contributed by atoms with Crippen LogP contribution < -0.4 is 0 Å². The molecule has 22 heavy (non-hydrogen) atoms. The lowest BCUT2D eigenvalue weighted by atomic mass is 9.48. The van der Waals surface area contributed by atoms with E-state index in [1.54, 1.807) is 0 Å². The van der Waals surface area contributed by atoms with Crippen LogP contribution in [0, 0.1) is 34.0 Å². The number of fused-ring (bicyclic) bond motifs is 3. The van der Waals surface area contributed by atoms with Gasteiger partial charge in [0.05, 0.1) is 0 Å². The standard InChI is InChI=1S/C20H30O2/c1-12-8-9-20-13(2)6-7-14(18(20,3)4)10-15(20)19(5)11-22-17(21)16(12)19/h13-15H,6-11H2,1-5H3. The highest BCUT2D eigenvalue weighted by molar-refractivity contribution is 5.93. The molecule has 0 aromatic carbocycles. The third-order valence-corrected chi connectivity index (χ3v) is 8.58. The molecule has 2 nitrogen and oxygen atoms in total. The van der Waals surface area contributed by atoms with E-state index in [-0.39, 0.29) is 11.4 Å². The molecule has 0 radical (unpaired) electrons. The second-order valence-electron chi connectivity index (χ2n) is 9.37. The Bertz CT molecular complexity index is 572. The molecule has 3 aliphatic carbocycles. The summed E-state index contributed by atoms with van der Waals surface area (Å²) < 4.78 is 5.59. The average Bonchev–Trinajstić information content (AvgIpc) is 2.75. The average molecular weight is 302 g/mol. The van der Waals surface area contributed by atoms with Crippen molar-refractivity contribution in [1.82, 2.24) is 0 Å². The predicted molar refractivity (Wildman–Crippen MR) is 87.2 cm³/mol. The van der Waals surface area contributed by atoms with Gasteiger partial charge in [0, 0.05) is 11.0 Å². The van der Waals surface area contributed by atoms with Crippen molar-refractivity contribution in [3.8, 4) is 0 Å². The first-order valence-electron chi connectivity index (χ1n) is 9.12. The van der Waals surface area contributed by atoms with Gasteiger partial charge in [0.2, 0.25) is 0 Å². The van der Waals surface area contributed by atoms with Crippen molar-refractivity contribution in [2.75, 3.05) is 6.61 Å². The monoisotopic (exact) mass is 302 g/mol. The SMILES string of the molecule is CC1=C2C(=O)OCC2(C)C2CC3CCC(C)C2(CC1)C3(C)C. The van der Waals surface area contributed by atoms with Crippen LogP contribution in [0.3, 0.4) is 0 Å². The number of esters is 1. The first-order valence-corrected chi connectivity index (χ1v) is 9.12. The molecule has 122 valence electrons. The Balaban J connectivity index is 1.93. The molecule has 0 aromatic rings. The number of carbonyl (C=O) groups is 1. The molecule has 5 atom stereocenters. The molecule has 4 rings (SSSR count). The van der Waals surface area contributed by atoms with Gasteiger partial charge in [0.15, 0.2) is 0 Å². The van der Waals surface area contributed by atoms with E-state index >= 15 is 0 Å². The zero-order chi connectivity index (χ0) is 15.9. The second-order valence-corrected chi connectivity index (χ2v) is 9.37. The fourth-order valence-corrected chi connectivity index (χ4v) is 7.40. The number of carbonyl (C=O) groups excluding carboxylic acids is 1. The van der Waals surface area contributed by atoms with Crippen LogP contribution in [0.15, 0.2) is 11.1 Å². The normalized spacial score (nSPS) is 49.5. The van der Waals surface area contributed by atoms with Crippen LogP contribution in [0.25, 0.3) is 0 Å². The van der Waals surface area contributed by atoms with Crippen LogP contribution in [0.1, 0.15) is 66.7 Å². The number of allylic oxidation sites excluding steroid dienone is 1. The quantitative estimate of drug-likeness (QED) is 0.604. The summed E-state index contributed by atoms with van der Waals surface area (Å²) in [7, 11) is 0. The van der Waals surface area contributed by atoms with Crippen LogP contribution in [0.2, 0.25) is 0 Å². The minimum atomic E-state index is -0.0533. The van der Waals surface area contributed by atoms with Gasteiger partial charge in [0.25, 0.3) is 0 Å². The summed E-state index contributed by atoms with van der Waals surface area (Å²) in [5, 5.41) is 0. The highest BCUT2D eigenvalue weighted by atomic mass is 16.5. The van der Waals surface area contributed by atoms with Crippen LogP contribution >= 0.6 is 0 Å². The first-order chi connectivity index (χ1) is 10.2. The fraction of sp³-hybridized carbons (Fsp3) is 0.850. The predicted octanol–water partition coefficient (Wildman–Crippen LogP) is 4.74. The molecule has 2 saturated carbocycles. The molecule has 5 unspecified atom stereocenters. The van der Waals surface area contributed by atoms with Gasteiger partial charge in [-0.25, -0.2) is 4.79 Å². The fourth-order valence-electron chi connectivity index (χ4n) is 7.40. The van der Waals surface area contributed by atoms with Gasteiger partial charge in [-0.2, -0.15) is 0 Å². The first kappa shape index (κ1) is 14.8. The van der Waals surface area contributed by atoms with Crippen molar-refractivity contribution in [1.29, 1.82) is 0 Å².